The number of benzene rings is 2. The van der Waals surface area contributed by atoms with E-state index in [1.54, 1.807) is 12.1 Å². The fraction of sp³-hybridized carbons (Fsp3) is 0.0833. The molecule has 0 aliphatic carbocycles. The lowest BCUT2D eigenvalue weighted by atomic mass is 10.2. The van der Waals surface area contributed by atoms with Crippen molar-refractivity contribution >= 4 is 79.9 Å². The number of rotatable bonds is 0. The van der Waals surface area contributed by atoms with Gasteiger partial charge < -0.3 is 14.8 Å². The lowest BCUT2D eigenvalue weighted by Gasteiger charge is -2.07. The van der Waals surface area contributed by atoms with Crippen LogP contribution in [0.2, 0.25) is 8.67 Å². The summed E-state index contributed by atoms with van der Waals surface area (Å²) in [4.78, 5) is 16.3. The molecular weight excluding hydrogens is 535 g/mol. The van der Waals surface area contributed by atoms with Crippen molar-refractivity contribution in [2.75, 3.05) is 5.32 Å². The number of hydrogen-bond donors (Lipinski definition) is 1. The number of thiophene rings is 2. The normalized spacial score (nSPS) is 13.2. The van der Waals surface area contributed by atoms with Crippen LogP contribution < -0.4 is 14.8 Å². The number of carbonyl (C=O) groups is 1. The number of amides is 1. The molecule has 2 aromatic carbocycles. The highest BCUT2D eigenvalue weighted by molar-refractivity contribution is 7.18. The molecule has 6 rings (SSSR count). The Morgan fingerprint density at radius 2 is 1.38 bits per heavy atom. The number of halogens is 3. The Hall–Kier alpha value is -2.55. The first-order valence-corrected chi connectivity index (χ1v) is 12.7. The van der Waals surface area contributed by atoms with Gasteiger partial charge in [-0.15, -0.1) is 0 Å². The van der Waals surface area contributed by atoms with Crippen molar-refractivity contribution < 1.29 is 14.3 Å². The molecule has 0 bridgehead atoms. The molecule has 0 atom stereocenters. The molecule has 2 aliphatic rings. The average Bonchev–Trinajstić information content (AvgIpc) is 3.27. The van der Waals surface area contributed by atoms with Crippen molar-refractivity contribution in [2.45, 2.75) is 13.8 Å². The molecule has 0 spiro atoms. The van der Waals surface area contributed by atoms with Gasteiger partial charge in [-0.2, -0.15) is 0 Å². The van der Waals surface area contributed by atoms with E-state index >= 15 is 0 Å². The summed E-state index contributed by atoms with van der Waals surface area (Å²) in [6.45, 7) is 3.97. The third-order valence-electron chi connectivity index (χ3n) is 4.93. The first kappa shape index (κ1) is 23.2. The van der Waals surface area contributed by atoms with Gasteiger partial charge in [-0.25, -0.2) is 4.99 Å². The molecule has 4 aromatic rings. The van der Waals surface area contributed by atoms with Gasteiger partial charge in [0, 0.05) is 0 Å². The summed E-state index contributed by atoms with van der Waals surface area (Å²) >= 11 is 20.6. The number of nitrogens with one attached hydrogen (secondary N) is 1. The molecule has 34 heavy (non-hydrogen) atoms. The lowest BCUT2D eigenvalue weighted by molar-refractivity contribution is 0.102. The molecule has 0 fully saturated rings. The molecule has 5 nitrogen and oxygen atoms in total. The minimum atomic E-state index is -0.189. The van der Waals surface area contributed by atoms with Gasteiger partial charge in [-0.1, -0.05) is 69.6 Å². The smallest absolute Gasteiger partial charge is 0.260 e. The number of aliphatic imine (C=N–C) groups is 1. The van der Waals surface area contributed by atoms with E-state index in [0.717, 1.165) is 22.4 Å². The zero-order valence-electron chi connectivity index (χ0n) is 17.7. The van der Waals surface area contributed by atoms with E-state index in [1.165, 1.54) is 22.7 Å². The van der Waals surface area contributed by atoms with E-state index in [0.29, 0.717) is 46.7 Å². The molecule has 4 heterocycles. The third kappa shape index (κ3) is 4.67. The van der Waals surface area contributed by atoms with Gasteiger partial charge in [-0.05, 0) is 61.4 Å². The zero-order chi connectivity index (χ0) is 24.0. The molecule has 0 radical (unpaired) electrons. The molecule has 2 aromatic heterocycles. The molecule has 2 aliphatic heterocycles. The van der Waals surface area contributed by atoms with Crippen molar-refractivity contribution in [1.29, 1.82) is 0 Å². The van der Waals surface area contributed by atoms with Crippen molar-refractivity contribution in [3.05, 3.63) is 79.5 Å². The van der Waals surface area contributed by atoms with E-state index in [2.05, 4.69) is 10.3 Å². The molecule has 1 amide bonds. The lowest BCUT2D eigenvalue weighted by Crippen LogP contribution is -2.09. The van der Waals surface area contributed by atoms with Gasteiger partial charge in [-0.3, -0.25) is 4.79 Å². The number of fused-ring (bicyclic) bond motifs is 4. The van der Waals surface area contributed by atoms with Crippen LogP contribution in [-0.4, -0.2) is 11.1 Å². The third-order valence-corrected chi connectivity index (χ3v) is 7.50. The molecule has 0 saturated carbocycles. The first-order valence-electron chi connectivity index (χ1n) is 9.98. The van der Waals surface area contributed by atoms with Crippen LogP contribution in [-0.2, 0) is 0 Å². The summed E-state index contributed by atoms with van der Waals surface area (Å²) in [7, 11) is 0. The first-order chi connectivity index (χ1) is 16.3. The van der Waals surface area contributed by atoms with Crippen molar-refractivity contribution in [1.82, 2.24) is 0 Å². The summed E-state index contributed by atoms with van der Waals surface area (Å²) in [5.74, 6) is 1.17. The average molecular weight is 550 g/mol. The maximum Gasteiger partial charge on any atom is 0.260 e. The van der Waals surface area contributed by atoms with Crippen LogP contribution in [0.15, 0.2) is 53.5 Å². The van der Waals surface area contributed by atoms with Crippen molar-refractivity contribution in [3.63, 3.8) is 0 Å². The SMILES string of the molecule is Cc1ccc2c(c1)Oc1sc(Cl)cc1C(=O)N2.Cc1ccc2c(c1)Oc1sc(Cl)cc1C(Cl)=N2. The zero-order valence-corrected chi connectivity index (χ0v) is 21.6. The second kappa shape index (κ2) is 9.24. The molecular formula is C24H15Cl3N2O3S2. The number of carbonyl (C=O) groups excluding carboxylic acids is 1. The van der Waals surface area contributed by atoms with Gasteiger partial charge in [0.25, 0.3) is 5.91 Å². The minimum absolute atomic E-state index is 0.189. The number of anilines is 1. The van der Waals surface area contributed by atoms with Gasteiger partial charge in [0.1, 0.15) is 10.9 Å². The molecule has 172 valence electrons. The van der Waals surface area contributed by atoms with Crippen molar-refractivity contribution in [2.24, 2.45) is 4.99 Å². The van der Waals surface area contributed by atoms with Crippen molar-refractivity contribution in [3.8, 4) is 21.6 Å². The predicted molar refractivity (Wildman–Crippen MR) is 141 cm³/mol. The fourth-order valence-electron chi connectivity index (χ4n) is 3.31. The number of nitrogens with zero attached hydrogens (tertiary/aromatic N) is 1. The minimum Gasteiger partial charge on any atom is -0.444 e. The largest absolute Gasteiger partial charge is 0.444 e. The van der Waals surface area contributed by atoms with Crippen LogP contribution in [0.4, 0.5) is 11.4 Å². The Labute approximate surface area is 218 Å². The van der Waals surface area contributed by atoms with E-state index in [1.807, 2.05) is 50.2 Å². The molecule has 1 N–H and O–H groups in total. The monoisotopic (exact) mass is 548 g/mol. The number of ether oxygens (including phenoxy) is 2. The second-order valence-electron chi connectivity index (χ2n) is 7.53. The highest BCUT2D eigenvalue weighted by Gasteiger charge is 2.23. The quantitative estimate of drug-likeness (QED) is 0.238. The maximum atomic E-state index is 11.9. The van der Waals surface area contributed by atoms with E-state index < -0.39 is 0 Å². The topological polar surface area (TPSA) is 59.9 Å². The Bertz CT molecular complexity index is 1480. The summed E-state index contributed by atoms with van der Waals surface area (Å²) in [6, 6.07) is 14.8. The van der Waals surface area contributed by atoms with Gasteiger partial charge in [0.05, 0.1) is 25.5 Å². The Balaban J connectivity index is 0.000000142. The maximum absolute atomic E-state index is 11.9. The summed E-state index contributed by atoms with van der Waals surface area (Å²) in [5, 5.41) is 4.44. The van der Waals surface area contributed by atoms with Crippen LogP contribution in [0, 0.1) is 13.8 Å². The highest BCUT2D eigenvalue weighted by atomic mass is 35.5. The van der Waals surface area contributed by atoms with Crippen LogP contribution in [0.1, 0.15) is 27.0 Å². The van der Waals surface area contributed by atoms with Gasteiger partial charge in [0.15, 0.2) is 21.6 Å². The van der Waals surface area contributed by atoms with E-state index in [-0.39, 0.29) is 5.91 Å². The summed E-state index contributed by atoms with van der Waals surface area (Å²) in [5.41, 5.74) is 4.83. The number of aryl methyl sites for hydroxylation is 2. The van der Waals surface area contributed by atoms with Gasteiger partial charge >= 0.3 is 0 Å². The van der Waals surface area contributed by atoms with E-state index in [4.69, 9.17) is 44.3 Å². The van der Waals surface area contributed by atoms with Crippen LogP contribution in [0.5, 0.6) is 21.6 Å². The fourth-order valence-corrected chi connectivity index (χ4v) is 5.74. The summed E-state index contributed by atoms with van der Waals surface area (Å²) < 4.78 is 12.7. The second-order valence-corrected chi connectivity index (χ2v) is 11.2. The Morgan fingerprint density at radius 3 is 2.12 bits per heavy atom. The molecule has 10 heteroatoms. The molecule has 0 unspecified atom stereocenters. The standard InChI is InChI=1S/C12H7Cl2NOS.C12H8ClNO2S/c1-6-2-3-8-9(4-6)16-12-7(11(14)15-8)5-10(13)17-12;1-6-2-3-8-9(4-6)16-12-7(11(15)14-8)5-10(13)17-12/h2-5H,1H3;2-5H,1H3,(H,14,15). The van der Waals surface area contributed by atoms with Gasteiger partial charge in [0.2, 0.25) is 0 Å². The Morgan fingerprint density at radius 1 is 0.794 bits per heavy atom. The van der Waals surface area contributed by atoms with Crippen LogP contribution >= 0.6 is 57.5 Å². The van der Waals surface area contributed by atoms with Crippen LogP contribution in [0.25, 0.3) is 0 Å². The summed E-state index contributed by atoms with van der Waals surface area (Å²) in [6.07, 6.45) is 0. The van der Waals surface area contributed by atoms with Crippen LogP contribution in [0.3, 0.4) is 0 Å². The van der Waals surface area contributed by atoms with E-state index in [9.17, 15) is 4.79 Å². The number of hydrogen-bond acceptors (Lipinski definition) is 6. The Kier molecular flexibility index (Phi) is 6.31. The predicted octanol–water partition coefficient (Wildman–Crippen LogP) is 9.20. The highest BCUT2D eigenvalue weighted by Crippen LogP contribution is 2.44. The molecule has 0 saturated heterocycles.